The molecule has 0 aliphatic heterocycles. The van der Waals surface area contributed by atoms with Crippen molar-refractivity contribution in [1.29, 1.82) is 0 Å². The Bertz CT molecular complexity index is 485. The summed E-state index contributed by atoms with van der Waals surface area (Å²) in [6, 6.07) is 5.93. The van der Waals surface area contributed by atoms with Crippen LogP contribution in [-0.4, -0.2) is 11.5 Å². The van der Waals surface area contributed by atoms with Crippen LogP contribution in [0, 0.1) is 0 Å². The molecule has 0 unspecified atom stereocenters. The zero-order valence-electron chi connectivity index (χ0n) is 8.97. The Hall–Kier alpha value is -0.990. The van der Waals surface area contributed by atoms with Crippen LogP contribution < -0.4 is 5.73 Å². The van der Waals surface area contributed by atoms with Gasteiger partial charge in [0.05, 0.1) is 10.5 Å². The molecule has 1 aromatic heterocycles. The third-order valence-electron chi connectivity index (χ3n) is 2.90. The Morgan fingerprint density at radius 2 is 2.13 bits per heavy atom. The van der Waals surface area contributed by atoms with E-state index < -0.39 is 0 Å². The van der Waals surface area contributed by atoms with E-state index >= 15 is 0 Å². The van der Waals surface area contributed by atoms with Crippen molar-refractivity contribution in [3.05, 3.63) is 35.0 Å². The minimum Gasteiger partial charge on any atom is -0.360 e. The van der Waals surface area contributed by atoms with Crippen molar-refractivity contribution in [2.75, 3.05) is 6.54 Å². The first-order valence-electron chi connectivity index (χ1n) is 5.02. The third kappa shape index (κ3) is 1.64. The van der Waals surface area contributed by atoms with Crippen LogP contribution in [0.1, 0.15) is 19.4 Å². The first-order chi connectivity index (χ1) is 7.06. The molecule has 0 atom stereocenters. The first-order valence-corrected chi connectivity index (χ1v) is 5.40. The maximum Gasteiger partial charge on any atom is 0.0647 e. The predicted octanol–water partition coefficient (Wildman–Crippen LogP) is 3.06. The smallest absolute Gasteiger partial charge is 0.0647 e. The summed E-state index contributed by atoms with van der Waals surface area (Å²) >= 11 is 6.10. The number of aromatic nitrogens is 1. The number of fused-ring (bicyclic) bond motifs is 1. The van der Waals surface area contributed by atoms with Crippen molar-refractivity contribution in [3.8, 4) is 0 Å². The second kappa shape index (κ2) is 3.54. The molecule has 0 radical (unpaired) electrons. The number of benzene rings is 1. The molecule has 1 heterocycles. The molecule has 0 aliphatic rings. The highest BCUT2D eigenvalue weighted by Gasteiger charge is 2.22. The van der Waals surface area contributed by atoms with Gasteiger partial charge in [-0.2, -0.15) is 0 Å². The molecular formula is C12H15ClN2. The molecule has 0 spiro atoms. The molecule has 0 aliphatic carbocycles. The lowest BCUT2D eigenvalue weighted by Gasteiger charge is -2.21. The van der Waals surface area contributed by atoms with E-state index in [1.54, 1.807) is 0 Å². The van der Waals surface area contributed by atoms with Gasteiger partial charge in [0.2, 0.25) is 0 Å². The summed E-state index contributed by atoms with van der Waals surface area (Å²) in [7, 11) is 0. The molecule has 0 saturated carbocycles. The fraction of sp³-hybridized carbons (Fsp3) is 0.333. The van der Waals surface area contributed by atoms with Gasteiger partial charge in [0.25, 0.3) is 0 Å². The SMILES string of the molecule is CC(C)(CN)c1c[nH]c2c(Cl)cccc12. The van der Waals surface area contributed by atoms with E-state index in [2.05, 4.69) is 24.9 Å². The molecular weight excluding hydrogens is 208 g/mol. The molecule has 1 aromatic carbocycles. The summed E-state index contributed by atoms with van der Waals surface area (Å²) in [5.41, 5.74) is 7.98. The fourth-order valence-electron chi connectivity index (χ4n) is 1.79. The van der Waals surface area contributed by atoms with Gasteiger partial charge in [-0.25, -0.2) is 0 Å². The minimum absolute atomic E-state index is 0.0249. The lowest BCUT2D eigenvalue weighted by Crippen LogP contribution is -2.27. The van der Waals surface area contributed by atoms with Crippen LogP contribution in [0.2, 0.25) is 5.02 Å². The maximum absolute atomic E-state index is 6.10. The second-order valence-electron chi connectivity index (χ2n) is 4.45. The first kappa shape index (κ1) is 10.5. The summed E-state index contributed by atoms with van der Waals surface area (Å²) < 4.78 is 0. The molecule has 80 valence electrons. The average molecular weight is 223 g/mol. The minimum atomic E-state index is -0.0249. The second-order valence-corrected chi connectivity index (χ2v) is 4.86. The number of nitrogens with one attached hydrogen (secondary N) is 1. The van der Waals surface area contributed by atoms with Gasteiger partial charge in [-0.15, -0.1) is 0 Å². The predicted molar refractivity (Wildman–Crippen MR) is 65.4 cm³/mol. The zero-order valence-corrected chi connectivity index (χ0v) is 9.73. The van der Waals surface area contributed by atoms with Gasteiger partial charge in [-0.3, -0.25) is 0 Å². The van der Waals surface area contributed by atoms with Crippen molar-refractivity contribution in [1.82, 2.24) is 4.98 Å². The van der Waals surface area contributed by atoms with E-state index in [9.17, 15) is 0 Å². The summed E-state index contributed by atoms with van der Waals surface area (Å²) in [5.74, 6) is 0. The molecule has 15 heavy (non-hydrogen) atoms. The van der Waals surface area contributed by atoms with E-state index in [1.165, 1.54) is 5.56 Å². The summed E-state index contributed by atoms with van der Waals surface area (Å²) in [6.07, 6.45) is 2.00. The van der Waals surface area contributed by atoms with Crippen LogP contribution in [0.3, 0.4) is 0 Å². The number of H-pyrrole nitrogens is 1. The Labute approximate surface area is 94.4 Å². The molecule has 2 rings (SSSR count). The maximum atomic E-state index is 6.10. The van der Waals surface area contributed by atoms with E-state index in [4.69, 9.17) is 17.3 Å². The van der Waals surface area contributed by atoms with E-state index in [0.29, 0.717) is 6.54 Å². The van der Waals surface area contributed by atoms with Crippen molar-refractivity contribution in [2.45, 2.75) is 19.3 Å². The number of para-hydroxylation sites is 1. The normalized spacial score (nSPS) is 12.3. The molecule has 3 N–H and O–H groups in total. The highest BCUT2D eigenvalue weighted by atomic mass is 35.5. The molecule has 3 heteroatoms. The molecule has 0 saturated heterocycles. The number of hydrogen-bond acceptors (Lipinski definition) is 1. The van der Waals surface area contributed by atoms with Crippen LogP contribution in [0.4, 0.5) is 0 Å². The van der Waals surface area contributed by atoms with Gasteiger partial charge < -0.3 is 10.7 Å². The van der Waals surface area contributed by atoms with E-state index in [1.807, 2.05) is 18.3 Å². The lowest BCUT2D eigenvalue weighted by atomic mass is 9.85. The average Bonchev–Trinajstić information content (AvgIpc) is 2.63. The van der Waals surface area contributed by atoms with Crippen LogP contribution in [0.25, 0.3) is 10.9 Å². The van der Waals surface area contributed by atoms with Crippen LogP contribution in [-0.2, 0) is 5.41 Å². The quantitative estimate of drug-likeness (QED) is 0.806. The summed E-state index contributed by atoms with van der Waals surface area (Å²) in [4.78, 5) is 3.21. The largest absolute Gasteiger partial charge is 0.360 e. The van der Waals surface area contributed by atoms with Gasteiger partial charge in [0.1, 0.15) is 0 Å². The lowest BCUT2D eigenvalue weighted by molar-refractivity contribution is 0.544. The van der Waals surface area contributed by atoms with Crippen molar-refractivity contribution in [3.63, 3.8) is 0 Å². The molecule has 0 bridgehead atoms. The van der Waals surface area contributed by atoms with Crippen LogP contribution >= 0.6 is 11.6 Å². The molecule has 0 fully saturated rings. The highest BCUT2D eigenvalue weighted by Crippen LogP contribution is 2.32. The van der Waals surface area contributed by atoms with Gasteiger partial charge in [-0.05, 0) is 11.6 Å². The number of aromatic amines is 1. The van der Waals surface area contributed by atoms with Crippen molar-refractivity contribution in [2.24, 2.45) is 5.73 Å². The number of rotatable bonds is 2. The Morgan fingerprint density at radius 1 is 1.40 bits per heavy atom. The standard InChI is InChI=1S/C12H15ClN2/c1-12(2,7-14)9-6-15-11-8(9)4-3-5-10(11)13/h3-6,15H,7,14H2,1-2H3. The highest BCUT2D eigenvalue weighted by molar-refractivity contribution is 6.35. The van der Waals surface area contributed by atoms with Crippen LogP contribution in [0.5, 0.6) is 0 Å². The van der Waals surface area contributed by atoms with Gasteiger partial charge in [0, 0.05) is 23.5 Å². The Kier molecular flexibility index (Phi) is 2.49. The van der Waals surface area contributed by atoms with Crippen LogP contribution in [0.15, 0.2) is 24.4 Å². The van der Waals surface area contributed by atoms with Gasteiger partial charge in [0.15, 0.2) is 0 Å². The van der Waals surface area contributed by atoms with Gasteiger partial charge in [-0.1, -0.05) is 37.6 Å². The summed E-state index contributed by atoms with van der Waals surface area (Å²) in [5, 5.41) is 1.92. The molecule has 2 aromatic rings. The number of halogens is 1. The van der Waals surface area contributed by atoms with Crippen molar-refractivity contribution >= 4 is 22.5 Å². The number of hydrogen-bond donors (Lipinski definition) is 2. The number of nitrogens with two attached hydrogens (primary N) is 1. The fourth-order valence-corrected chi connectivity index (χ4v) is 2.02. The Balaban J connectivity index is 2.69. The van der Waals surface area contributed by atoms with E-state index in [0.717, 1.165) is 15.9 Å². The molecule has 2 nitrogen and oxygen atoms in total. The van der Waals surface area contributed by atoms with Crippen molar-refractivity contribution < 1.29 is 0 Å². The Morgan fingerprint density at radius 3 is 2.80 bits per heavy atom. The monoisotopic (exact) mass is 222 g/mol. The van der Waals surface area contributed by atoms with Gasteiger partial charge >= 0.3 is 0 Å². The topological polar surface area (TPSA) is 41.8 Å². The van der Waals surface area contributed by atoms with E-state index in [-0.39, 0.29) is 5.41 Å². The third-order valence-corrected chi connectivity index (χ3v) is 3.22. The summed E-state index contributed by atoms with van der Waals surface area (Å²) in [6.45, 7) is 4.89. The zero-order chi connectivity index (χ0) is 11.1. The molecule has 0 amide bonds.